The molecule has 0 spiro atoms. The molecule has 1 aliphatic rings. The lowest BCUT2D eigenvalue weighted by molar-refractivity contribution is 0.0638. The first-order chi connectivity index (χ1) is 9.46. The predicted octanol–water partition coefficient (Wildman–Crippen LogP) is 1.48. The molecular formula is C14H18N2O3S. The molecule has 1 aliphatic carbocycles. The van der Waals surface area contributed by atoms with Gasteiger partial charge in [0, 0.05) is 7.05 Å². The number of hydrogen-bond acceptors (Lipinski definition) is 4. The van der Waals surface area contributed by atoms with Crippen molar-refractivity contribution in [2.75, 3.05) is 7.05 Å². The number of nitrogens with zero attached hydrogens (tertiary/aromatic N) is 2. The third kappa shape index (κ3) is 2.85. The van der Waals surface area contributed by atoms with Gasteiger partial charge in [0.25, 0.3) is 0 Å². The highest BCUT2D eigenvalue weighted by Crippen LogP contribution is 2.26. The van der Waals surface area contributed by atoms with Gasteiger partial charge in [0.05, 0.1) is 28.7 Å². The molecular weight excluding hydrogens is 276 g/mol. The minimum absolute atomic E-state index is 0.150. The topological polar surface area (TPSA) is 81.4 Å². The molecule has 0 aromatic heterocycles. The molecule has 20 heavy (non-hydrogen) atoms. The van der Waals surface area contributed by atoms with E-state index in [9.17, 15) is 13.5 Å². The van der Waals surface area contributed by atoms with E-state index < -0.39 is 16.1 Å². The fraction of sp³-hybridized carbons (Fsp3) is 0.500. The second kappa shape index (κ2) is 5.92. The molecule has 2 atom stereocenters. The van der Waals surface area contributed by atoms with Gasteiger partial charge in [0.15, 0.2) is 0 Å². The summed E-state index contributed by atoms with van der Waals surface area (Å²) < 4.78 is 26.3. The van der Waals surface area contributed by atoms with E-state index >= 15 is 0 Å². The average Bonchev–Trinajstić information content (AvgIpc) is 2.47. The van der Waals surface area contributed by atoms with Crippen LogP contribution in [0, 0.1) is 11.3 Å². The fourth-order valence-corrected chi connectivity index (χ4v) is 3.98. The molecule has 1 saturated carbocycles. The summed E-state index contributed by atoms with van der Waals surface area (Å²) in [7, 11) is -2.13. The average molecular weight is 294 g/mol. The summed E-state index contributed by atoms with van der Waals surface area (Å²) in [5, 5.41) is 18.7. The van der Waals surface area contributed by atoms with Gasteiger partial charge in [-0.1, -0.05) is 12.8 Å². The van der Waals surface area contributed by atoms with Gasteiger partial charge in [-0.25, -0.2) is 8.42 Å². The molecule has 0 amide bonds. The Balaban J connectivity index is 2.26. The van der Waals surface area contributed by atoms with E-state index in [1.165, 1.54) is 35.6 Å². The molecule has 0 saturated heterocycles. The molecule has 0 heterocycles. The van der Waals surface area contributed by atoms with E-state index in [4.69, 9.17) is 5.26 Å². The van der Waals surface area contributed by atoms with E-state index in [-0.39, 0.29) is 10.9 Å². The first kappa shape index (κ1) is 15.0. The van der Waals surface area contributed by atoms with Crippen LogP contribution < -0.4 is 0 Å². The van der Waals surface area contributed by atoms with Crippen molar-refractivity contribution in [2.24, 2.45) is 0 Å². The Labute approximate surface area is 119 Å². The van der Waals surface area contributed by atoms with Gasteiger partial charge in [0.2, 0.25) is 10.0 Å². The molecule has 6 heteroatoms. The van der Waals surface area contributed by atoms with Crippen molar-refractivity contribution >= 4 is 10.0 Å². The minimum atomic E-state index is -3.63. The lowest BCUT2D eigenvalue weighted by Gasteiger charge is -2.34. The van der Waals surface area contributed by atoms with Crippen molar-refractivity contribution < 1.29 is 13.5 Å². The maximum Gasteiger partial charge on any atom is 0.243 e. The highest BCUT2D eigenvalue weighted by atomic mass is 32.2. The normalized spacial score (nSPS) is 23.5. The number of sulfonamides is 1. The second-order valence-electron chi connectivity index (χ2n) is 5.08. The van der Waals surface area contributed by atoms with Crippen molar-refractivity contribution in [1.29, 1.82) is 5.26 Å². The van der Waals surface area contributed by atoms with Crippen molar-refractivity contribution in [3.63, 3.8) is 0 Å². The standard InChI is InChI=1S/C14H18N2O3S/c1-16(13-4-2-3-5-14(13)17)20(18,19)12-8-6-11(10-15)7-9-12/h6-9,13-14,17H,2-5H2,1H3. The van der Waals surface area contributed by atoms with Crippen molar-refractivity contribution in [3.05, 3.63) is 29.8 Å². The summed E-state index contributed by atoms with van der Waals surface area (Å²) >= 11 is 0. The van der Waals surface area contributed by atoms with Gasteiger partial charge in [-0.2, -0.15) is 9.57 Å². The van der Waals surface area contributed by atoms with Crippen LogP contribution in [0.5, 0.6) is 0 Å². The maximum atomic E-state index is 12.5. The summed E-state index contributed by atoms with van der Waals surface area (Å²) in [5.41, 5.74) is 0.421. The van der Waals surface area contributed by atoms with Gasteiger partial charge in [0.1, 0.15) is 0 Å². The Morgan fingerprint density at radius 3 is 2.40 bits per heavy atom. The number of aliphatic hydroxyl groups is 1. The van der Waals surface area contributed by atoms with E-state index in [1.807, 2.05) is 6.07 Å². The molecule has 5 nitrogen and oxygen atoms in total. The number of benzene rings is 1. The zero-order valence-corrected chi connectivity index (χ0v) is 12.2. The Morgan fingerprint density at radius 2 is 1.85 bits per heavy atom. The van der Waals surface area contributed by atoms with Crippen molar-refractivity contribution in [2.45, 2.75) is 42.7 Å². The molecule has 2 rings (SSSR count). The fourth-order valence-electron chi connectivity index (χ4n) is 2.56. The van der Waals surface area contributed by atoms with Crippen LogP contribution in [0.2, 0.25) is 0 Å². The molecule has 1 aromatic carbocycles. The van der Waals surface area contributed by atoms with Crippen LogP contribution in [-0.2, 0) is 10.0 Å². The largest absolute Gasteiger partial charge is 0.391 e. The number of hydrogen-bond donors (Lipinski definition) is 1. The van der Waals surface area contributed by atoms with Crippen LogP contribution in [0.3, 0.4) is 0 Å². The molecule has 0 bridgehead atoms. The quantitative estimate of drug-likeness (QED) is 0.915. The number of rotatable bonds is 3. The van der Waals surface area contributed by atoms with Gasteiger partial charge >= 0.3 is 0 Å². The van der Waals surface area contributed by atoms with Crippen molar-refractivity contribution in [3.8, 4) is 6.07 Å². The molecule has 1 fully saturated rings. The van der Waals surface area contributed by atoms with Crippen LogP contribution in [0.1, 0.15) is 31.2 Å². The van der Waals surface area contributed by atoms with Crippen LogP contribution in [-0.4, -0.2) is 37.0 Å². The first-order valence-electron chi connectivity index (χ1n) is 6.63. The summed E-state index contributed by atoms with van der Waals surface area (Å²) in [4.78, 5) is 0.150. The number of aliphatic hydroxyl groups excluding tert-OH is 1. The van der Waals surface area contributed by atoms with E-state index in [0.29, 0.717) is 18.4 Å². The van der Waals surface area contributed by atoms with Crippen LogP contribution in [0.15, 0.2) is 29.2 Å². The summed E-state index contributed by atoms with van der Waals surface area (Å²) in [6.07, 6.45) is 2.56. The molecule has 1 aromatic rings. The lowest BCUT2D eigenvalue weighted by Crippen LogP contribution is -2.46. The maximum absolute atomic E-state index is 12.5. The Hall–Kier alpha value is -1.42. The lowest BCUT2D eigenvalue weighted by atomic mass is 9.93. The molecule has 108 valence electrons. The third-order valence-corrected chi connectivity index (χ3v) is 5.72. The molecule has 0 aliphatic heterocycles. The van der Waals surface area contributed by atoms with Gasteiger partial charge in [-0.15, -0.1) is 0 Å². The summed E-state index contributed by atoms with van der Waals surface area (Å²) in [6, 6.07) is 7.41. The predicted molar refractivity (Wildman–Crippen MR) is 74.4 cm³/mol. The summed E-state index contributed by atoms with van der Waals surface area (Å²) in [5.74, 6) is 0. The highest BCUT2D eigenvalue weighted by molar-refractivity contribution is 7.89. The van der Waals surface area contributed by atoms with E-state index in [0.717, 1.165) is 12.8 Å². The van der Waals surface area contributed by atoms with Gasteiger partial charge < -0.3 is 5.11 Å². The third-order valence-electron chi connectivity index (χ3n) is 3.82. The number of likely N-dealkylation sites (N-methyl/N-ethyl adjacent to an activating group) is 1. The number of nitriles is 1. The van der Waals surface area contributed by atoms with E-state index in [2.05, 4.69) is 0 Å². The summed E-state index contributed by atoms with van der Waals surface area (Å²) in [6.45, 7) is 0. The van der Waals surface area contributed by atoms with Crippen molar-refractivity contribution in [1.82, 2.24) is 4.31 Å². The Kier molecular flexibility index (Phi) is 4.43. The van der Waals surface area contributed by atoms with Crippen LogP contribution >= 0.6 is 0 Å². The molecule has 0 radical (unpaired) electrons. The smallest absolute Gasteiger partial charge is 0.243 e. The Bertz CT molecular complexity index is 604. The SMILES string of the molecule is CN(C1CCCCC1O)S(=O)(=O)c1ccc(C#N)cc1. The highest BCUT2D eigenvalue weighted by Gasteiger charge is 2.34. The minimum Gasteiger partial charge on any atom is -0.391 e. The van der Waals surface area contributed by atoms with Gasteiger partial charge in [-0.05, 0) is 37.1 Å². The first-order valence-corrected chi connectivity index (χ1v) is 8.07. The van der Waals surface area contributed by atoms with Crippen LogP contribution in [0.4, 0.5) is 0 Å². The van der Waals surface area contributed by atoms with Gasteiger partial charge in [-0.3, -0.25) is 0 Å². The monoisotopic (exact) mass is 294 g/mol. The van der Waals surface area contributed by atoms with E-state index in [1.54, 1.807) is 0 Å². The van der Waals surface area contributed by atoms with Crippen LogP contribution in [0.25, 0.3) is 0 Å². The molecule has 2 unspecified atom stereocenters. The Morgan fingerprint density at radius 1 is 1.25 bits per heavy atom. The second-order valence-corrected chi connectivity index (χ2v) is 7.07. The zero-order valence-electron chi connectivity index (χ0n) is 11.4. The zero-order chi connectivity index (χ0) is 14.8. The molecule has 1 N–H and O–H groups in total.